The Balaban J connectivity index is 3.08. The van der Waals surface area contributed by atoms with Gasteiger partial charge in [0.05, 0.1) is 25.0 Å². The molecule has 0 saturated heterocycles. The number of carbonyl (C=O) groups is 2. The highest BCUT2D eigenvalue weighted by Crippen LogP contribution is 2.27. The Kier molecular flexibility index (Phi) is 6.73. The van der Waals surface area contributed by atoms with Crippen molar-refractivity contribution >= 4 is 11.9 Å². The molecule has 0 aliphatic carbocycles. The first-order valence-corrected chi connectivity index (χ1v) is 6.73. The van der Waals surface area contributed by atoms with Gasteiger partial charge in [-0.2, -0.15) is 0 Å². The van der Waals surface area contributed by atoms with E-state index in [-0.39, 0.29) is 19.8 Å². The SMILES string of the molecule is CCOC(=O)C(CN)C(C(=O)OCC)c1ccccc1. The number of rotatable bonds is 7. The van der Waals surface area contributed by atoms with Gasteiger partial charge >= 0.3 is 11.9 Å². The van der Waals surface area contributed by atoms with Crippen molar-refractivity contribution < 1.29 is 19.1 Å². The Morgan fingerprint density at radius 2 is 1.60 bits per heavy atom. The van der Waals surface area contributed by atoms with Crippen molar-refractivity contribution in [3.8, 4) is 0 Å². The van der Waals surface area contributed by atoms with Crippen molar-refractivity contribution in [1.29, 1.82) is 0 Å². The first-order valence-electron chi connectivity index (χ1n) is 6.73. The van der Waals surface area contributed by atoms with Crippen molar-refractivity contribution in [3.63, 3.8) is 0 Å². The number of benzene rings is 1. The largest absolute Gasteiger partial charge is 0.466 e. The standard InChI is InChI=1S/C15H21NO4/c1-3-19-14(17)12(10-16)13(15(18)20-4-2)11-8-6-5-7-9-11/h5-9,12-13H,3-4,10,16H2,1-2H3. The summed E-state index contributed by atoms with van der Waals surface area (Å²) in [7, 11) is 0. The van der Waals surface area contributed by atoms with Gasteiger partial charge < -0.3 is 15.2 Å². The molecule has 0 spiro atoms. The fraction of sp³-hybridized carbons (Fsp3) is 0.467. The van der Waals surface area contributed by atoms with Crippen LogP contribution in [0.5, 0.6) is 0 Å². The molecule has 0 fully saturated rings. The van der Waals surface area contributed by atoms with E-state index in [9.17, 15) is 9.59 Å². The van der Waals surface area contributed by atoms with E-state index in [0.29, 0.717) is 5.56 Å². The summed E-state index contributed by atoms with van der Waals surface area (Å²) in [5.41, 5.74) is 6.37. The van der Waals surface area contributed by atoms with Crippen LogP contribution in [0, 0.1) is 5.92 Å². The van der Waals surface area contributed by atoms with Gasteiger partial charge in [0.15, 0.2) is 0 Å². The van der Waals surface area contributed by atoms with Crippen LogP contribution >= 0.6 is 0 Å². The number of hydrogen-bond donors (Lipinski definition) is 1. The number of nitrogens with two attached hydrogens (primary N) is 1. The van der Waals surface area contributed by atoms with E-state index in [1.54, 1.807) is 38.1 Å². The van der Waals surface area contributed by atoms with Gasteiger partial charge in [0.1, 0.15) is 0 Å². The normalized spacial score (nSPS) is 13.3. The molecule has 2 unspecified atom stereocenters. The Morgan fingerprint density at radius 1 is 1.05 bits per heavy atom. The van der Waals surface area contributed by atoms with E-state index in [1.807, 2.05) is 6.07 Å². The molecule has 0 aromatic heterocycles. The lowest BCUT2D eigenvalue weighted by Gasteiger charge is -2.23. The summed E-state index contributed by atoms with van der Waals surface area (Å²) in [4.78, 5) is 24.2. The third-order valence-electron chi connectivity index (χ3n) is 2.94. The Morgan fingerprint density at radius 3 is 2.10 bits per heavy atom. The van der Waals surface area contributed by atoms with Crippen molar-refractivity contribution in [2.24, 2.45) is 11.7 Å². The third kappa shape index (κ3) is 4.06. The molecular formula is C15H21NO4. The molecule has 2 atom stereocenters. The van der Waals surface area contributed by atoms with E-state index >= 15 is 0 Å². The molecule has 0 amide bonds. The van der Waals surface area contributed by atoms with Crippen LogP contribution in [0.4, 0.5) is 0 Å². The van der Waals surface area contributed by atoms with Gasteiger partial charge in [-0.05, 0) is 19.4 Å². The van der Waals surface area contributed by atoms with Crippen LogP contribution < -0.4 is 5.73 Å². The zero-order valence-corrected chi connectivity index (χ0v) is 11.9. The zero-order chi connectivity index (χ0) is 15.0. The highest BCUT2D eigenvalue weighted by Gasteiger charge is 2.36. The minimum absolute atomic E-state index is 0.0250. The minimum atomic E-state index is -0.739. The predicted molar refractivity (Wildman–Crippen MR) is 75.0 cm³/mol. The second kappa shape index (κ2) is 8.32. The summed E-state index contributed by atoms with van der Waals surface area (Å²) >= 11 is 0. The minimum Gasteiger partial charge on any atom is -0.466 e. The molecule has 0 radical (unpaired) electrons. The smallest absolute Gasteiger partial charge is 0.314 e. The third-order valence-corrected chi connectivity index (χ3v) is 2.94. The highest BCUT2D eigenvalue weighted by atomic mass is 16.5. The molecule has 20 heavy (non-hydrogen) atoms. The van der Waals surface area contributed by atoms with E-state index in [2.05, 4.69) is 0 Å². The van der Waals surface area contributed by atoms with Crippen molar-refractivity contribution in [2.75, 3.05) is 19.8 Å². The van der Waals surface area contributed by atoms with E-state index in [0.717, 1.165) is 0 Å². The molecule has 0 aliphatic heterocycles. The van der Waals surface area contributed by atoms with Gasteiger partial charge in [-0.25, -0.2) is 0 Å². The molecule has 1 aromatic carbocycles. The Labute approximate surface area is 119 Å². The van der Waals surface area contributed by atoms with Crippen LogP contribution in [0.1, 0.15) is 25.3 Å². The van der Waals surface area contributed by atoms with Crippen LogP contribution in [0.3, 0.4) is 0 Å². The molecular weight excluding hydrogens is 258 g/mol. The number of esters is 2. The van der Waals surface area contributed by atoms with Crippen molar-refractivity contribution in [2.45, 2.75) is 19.8 Å². The number of hydrogen-bond acceptors (Lipinski definition) is 5. The topological polar surface area (TPSA) is 78.6 Å². The van der Waals surface area contributed by atoms with E-state index < -0.39 is 23.8 Å². The number of carbonyl (C=O) groups excluding carboxylic acids is 2. The van der Waals surface area contributed by atoms with Crippen LogP contribution in [-0.4, -0.2) is 31.7 Å². The molecule has 0 aliphatic rings. The van der Waals surface area contributed by atoms with Crippen LogP contribution in [-0.2, 0) is 19.1 Å². The zero-order valence-electron chi connectivity index (χ0n) is 11.9. The fourth-order valence-corrected chi connectivity index (χ4v) is 2.04. The summed E-state index contributed by atoms with van der Waals surface area (Å²) in [5, 5.41) is 0. The average molecular weight is 279 g/mol. The van der Waals surface area contributed by atoms with E-state index in [1.165, 1.54) is 0 Å². The van der Waals surface area contributed by atoms with Gasteiger partial charge in [0.2, 0.25) is 0 Å². The highest BCUT2D eigenvalue weighted by molar-refractivity contribution is 5.86. The maximum absolute atomic E-state index is 12.2. The average Bonchev–Trinajstić information content (AvgIpc) is 2.45. The maximum Gasteiger partial charge on any atom is 0.314 e. The second-order valence-electron chi connectivity index (χ2n) is 4.23. The van der Waals surface area contributed by atoms with Crippen LogP contribution in [0.15, 0.2) is 30.3 Å². The van der Waals surface area contributed by atoms with Gasteiger partial charge in [-0.3, -0.25) is 9.59 Å². The quantitative estimate of drug-likeness (QED) is 0.765. The van der Waals surface area contributed by atoms with E-state index in [4.69, 9.17) is 15.2 Å². The lowest BCUT2D eigenvalue weighted by atomic mass is 9.86. The van der Waals surface area contributed by atoms with Crippen molar-refractivity contribution in [1.82, 2.24) is 0 Å². The van der Waals surface area contributed by atoms with Gasteiger partial charge in [0, 0.05) is 6.54 Å². The Hall–Kier alpha value is -1.88. The summed E-state index contributed by atoms with van der Waals surface area (Å²) in [5.74, 6) is -2.41. The molecule has 1 rings (SSSR count). The molecule has 0 bridgehead atoms. The van der Waals surface area contributed by atoms with Gasteiger partial charge in [-0.15, -0.1) is 0 Å². The molecule has 0 saturated carbocycles. The lowest BCUT2D eigenvalue weighted by molar-refractivity contribution is -0.156. The first kappa shape index (κ1) is 16.2. The summed E-state index contributed by atoms with van der Waals surface area (Å²) in [6, 6.07) is 9.01. The molecule has 0 heterocycles. The summed E-state index contributed by atoms with van der Waals surface area (Å²) in [6.45, 7) is 3.97. The fourth-order valence-electron chi connectivity index (χ4n) is 2.04. The first-order chi connectivity index (χ1) is 9.65. The Bertz CT molecular complexity index is 433. The van der Waals surface area contributed by atoms with Gasteiger partial charge in [0.25, 0.3) is 0 Å². The molecule has 1 aromatic rings. The van der Waals surface area contributed by atoms with Crippen molar-refractivity contribution in [3.05, 3.63) is 35.9 Å². The summed E-state index contributed by atoms with van der Waals surface area (Å²) < 4.78 is 10.1. The molecule has 2 N–H and O–H groups in total. The summed E-state index contributed by atoms with van der Waals surface area (Å²) in [6.07, 6.45) is 0. The van der Waals surface area contributed by atoms with Crippen LogP contribution in [0.25, 0.3) is 0 Å². The lowest BCUT2D eigenvalue weighted by Crippen LogP contribution is -2.36. The predicted octanol–water partition coefficient (Wildman–Crippen LogP) is 1.47. The van der Waals surface area contributed by atoms with Gasteiger partial charge in [-0.1, -0.05) is 30.3 Å². The second-order valence-corrected chi connectivity index (χ2v) is 4.23. The molecule has 5 nitrogen and oxygen atoms in total. The molecule has 5 heteroatoms. The maximum atomic E-state index is 12.2. The molecule has 110 valence electrons. The monoisotopic (exact) mass is 279 g/mol. The number of ether oxygens (including phenoxy) is 2. The van der Waals surface area contributed by atoms with Crippen LogP contribution in [0.2, 0.25) is 0 Å².